The SMILES string of the molecule is CSc1ccc(C(O)C(C)(C)N2CCOCC2)cc1. The first-order valence-corrected chi connectivity index (χ1v) is 7.93. The molecule has 3 nitrogen and oxygen atoms in total. The number of hydrogen-bond acceptors (Lipinski definition) is 4. The number of benzene rings is 1. The summed E-state index contributed by atoms with van der Waals surface area (Å²) in [6, 6.07) is 8.19. The quantitative estimate of drug-likeness (QED) is 0.860. The zero-order valence-electron chi connectivity index (χ0n) is 11.9. The molecule has 0 radical (unpaired) electrons. The molecule has 2 rings (SSSR count). The Morgan fingerprint density at radius 1 is 1.21 bits per heavy atom. The number of nitrogens with zero attached hydrogens (tertiary/aromatic N) is 1. The van der Waals surface area contributed by atoms with E-state index in [-0.39, 0.29) is 5.54 Å². The third-order valence-electron chi connectivity index (χ3n) is 3.93. The monoisotopic (exact) mass is 281 g/mol. The maximum Gasteiger partial charge on any atom is 0.0968 e. The molecule has 106 valence electrons. The van der Waals surface area contributed by atoms with Gasteiger partial charge in [-0.3, -0.25) is 4.90 Å². The highest BCUT2D eigenvalue weighted by atomic mass is 32.2. The van der Waals surface area contributed by atoms with Gasteiger partial charge in [-0.15, -0.1) is 11.8 Å². The molecule has 0 spiro atoms. The van der Waals surface area contributed by atoms with Crippen LogP contribution in [0.4, 0.5) is 0 Å². The van der Waals surface area contributed by atoms with Crippen LogP contribution in [-0.2, 0) is 4.74 Å². The van der Waals surface area contributed by atoms with Crippen LogP contribution in [-0.4, -0.2) is 48.1 Å². The predicted octanol–water partition coefficient (Wildman–Crippen LogP) is 2.55. The summed E-state index contributed by atoms with van der Waals surface area (Å²) in [6.45, 7) is 7.47. The maximum atomic E-state index is 10.7. The van der Waals surface area contributed by atoms with Gasteiger partial charge in [0.05, 0.1) is 19.3 Å². The smallest absolute Gasteiger partial charge is 0.0968 e. The van der Waals surface area contributed by atoms with Gasteiger partial charge < -0.3 is 9.84 Å². The van der Waals surface area contributed by atoms with E-state index < -0.39 is 6.10 Å². The molecule has 1 N–H and O–H groups in total. The van der Waals surface area contributed by atoms with Crippen molar-refractivity contribution in [1.29, 1.82) is 0 Å². The molecule has 19 heavy (non-hydrogen) atoms. The molecule has 0 saturated carbocycles. The summed E-state index contributed by atoms with van der Waals surface area (Å²) in [6.07, 6.45) is 1.57. The highest BCUT2D eigenvalue weighted by Gasteiger charge is 2.35. The highest BCUT2D eigenvalue weighted by Crippen LogP contribution is 2.32. The van der Waals surface area contributed by atoms with Gasteiger partial charge in [-0.25, -0.2) is 0 Å². The van der Waals surface area contributed by atoms with E-state index in [0.717, 1.165) is 31.9 Å². The van der Waals surface area contributed by atoms with Gasteiger partial charge in [0.25, 0.3) is 0 Å². The number of morpholine rings is 1. The molecule has 0 aromatic heterocycles. The van der Waals surface area contributed by atoms with Gasteiger partial charge in [-0.2, -0.15) is 0 Å². The summed E-state index contributed by atoms with van der Waals surface area (Å²) in [5.41, 5.74) is 0.708. The number of aliphatic hydroxyl groups is 1. The van der Waals surface area contributed by atoms with E-state index in [9.17, 15) is 5.11 Å². The summed E-state index contributed by atoms with van der Waals surface area (Å²) in [5, 5.41) is 10.7. The van der Waals surface area contributed by atoms with Gasteiger partial charge in [0.15, 0.2) is 0 Å². The Labute approximate surface area is 120 Å². The first-order valence-electron chi connectivity index (χ1n) is 6.70. The number of hydrogen-bond donors (Lipinski definition) is 1. The van der Waals surface area contributed by atoms with Crippen LogP contribution in [0.5, 0.6) is 0 Å². The Morgan fingerprint density at radius 3 is 2.32 bits per heavy atom. The molecule has 1 aliphatic rings. The molecule has 1 fully saturated rings. The predicted molar refractivity (Wildman–Crippen MR) is 79.7 cm³/mol. The standard InChI is InChI=1S/C15H23NO2S/c1-15(2,16-8-10-18-11-9-16)14(17)12-4-6-13(19-3)7-5-12/h4-7,14,17H,8-11H2,1-3H3. The number of thioether (sulfide) groups is 1. The Morgan fingerprint density at radius 2 is 1.79 bits per heavy atom. The lowest BCUT2D eigenvalue weighted by molar-refractivity contribution is -0.0630. The fraction of sp³-hybridized carbons (Fsp3) is 0.600. The highest BCUT2D eigenvalue weighted by molar-refractivity contribution is 7.98. The van der Waals surface area contributed by atoms with Gasteiger partial charge in [0.1, 0.15) is 0 Å². The summed E-state index contributed by atoms with van der Waals surface area (Å²) in [5.74, 6) is 0. The van der Waals surface area contributed by atoms with Crippen molar-refractivity contribution in [3.63, 3.8) is 0 Å². The Hall–Kier alpha value is -0.550. The second kappa shape index (κ2) is 6.27. The van der Waals surface area contributed by atoms with Crippen molar-refractivity contribution in [2.45, 2.75) is 30.4 Å². The van der Waals surface area contributed by atoms with Gasteiger partial charge in [0, 0.05) is 23.5 Å². The summed E-state index contributed by atoms with van der Waals surface area (Å²) in [4.78, 5) is 3.53. The van der Waals surface area contributed by atoms with Gasteiger partial charge >= 0.3 is 0 Å². The zero-order valence-corrected chi connectivity index (χ0v) is 12.7. The van der Waals surface area contributed by atoms with Crippen LogP contribution < -0.4 is 0 Å². The molecule has 0 bridgehead atoms. The molecule has 0 aliphatic carbocycles. The van der Waals surface area contributed by atoms with Crippen molar-refractivity contribution in [3.05, 3.63) is 29.8 Å². The maximum absolute atomic E-state index is 10.7. The van der Waals surface area contributed by atoms with Crippen molar-refractivity contribution in [1.82, 2.24) is 4.90 Å². The van der Waals surface area contributed by atoms with Crippen LogP contribution in [0.2, 0.25) is 0 Å². The van der Waals surface area contributed by atoms with Gasteiger partial charge in [-0.05, 0) is 37.8 Å². The molecule has 1 aliphatic heterocycles. The summed E-state index contributed by atoms with van der Waals surface area (Å²) >= 11 is 1.72. The fourth-order valence-corrected chi connectivity index (χ4v) is 2.91. The molecular formula is C15H23NO2S. The summed E-state index contributed by atoms with van der Waals surface area (Å²) < 4.78 is 5.38. The second-order valence-corrected chi connectivity index (χ2v) is 6.31. The number of ether oxygens (including phenoxy) is 1. The molecule has 0 amide bonds. The Bertz CT molecular complexity index is 399. The normalized spacial score (nSPS) is 19.4. The van der Waals surface area contributed by atoms with E-state index in [4.69, 9.17) is 4.74 Å². The molecule has 1 aromatic rings. The van der Waals surface area contributed by atoms with Crippen LogP contribution in [0.25, 0.3) is 0 Å². The average Bonchev–Trinajstić information content (AvgIpc) is 2.47. The minimum atomic E-state index is -0.485. The lowest BCUT2D eigenvalue weighted by Gasteiger charge is -2.43. The molecule has 1 atom stereocenters. The first-order chi connectivity index (χ1) is 9.05. The molecule has 1 saturated heterocycles. The van der Waals surface area contributed by atoms with E-state index in [1.165, 1.54) is 4.90 Å². The van der Waals surface area contributed by atoms with E-state index in [1.807, 2.05) is 12.1 Å². The van der Waals surface area contributed by atoms with E-state index in [0.29, 0.717) is 0 Å². The third kappa shape index (κ3) is 3.31. The zero-order chi connectivity index (χ0) is 13.9. The van der Waals surface area contributed by atoms with E-state index in [2.05, 4.69) is 37.1 Å². The van der Waals surface area contributed by atoms with Gasteiger partial charge in [-0.1, -0.05) is 12.1 Å². The minimum Gasteiger partial charge on any atom is -0.386 e. The van der Waals surface area contributed by atoms with Crippen molar-refractivity contribution < 1.29 is 9.84 Å². The minimum absolute atomic E-state index is 0.273. The molecule has 1 unspecified atom stereocenters. The van der Waals surface area contributed by atoms with Gasteiger partial charge in [0.2, 0.25) is 0 Å². The van der Waals surface area contributed by atoms with Crippen molar-refractivity contribution in [2.24, 2.45) is 0 Å². The van der Waals surface area contributed by atoms with Crippen LogP contribution >= 0.6 is 11.8 Å². The van der Waals surface area contributed by atoms with Crippen LogP contribution in [0, 0.1) is 0 Å². The number of rotatable bonds is 4. The third-order valence-corrected chi connectivity index (χ3v) is 4.67. The van der Waals surface area contributed by atoms with Crippen molar-refractivity contribution >= 4 is 11.8 Å². The summed E-state index contributed by atoms with van der Waals surface area (Å²) in [7, 11) is 0. The lowest BCUT2D eigenvalue weighted by Crippen LogP contribution is -2.53. The molecule has 4 heteroatoms. The number of aliphatic hydroxyl groups excluding tert-OH is 1. The molecule has 1 heterocycles. The van der Waals surface area contributed by atoms with Crippen molar-refractivity contribution in [3.8, 4) is 0 Å². The topological polar surface area (TPSA) is 32.7 Å². The largest absolute Gasteiger partial charge is 0.386 e. The fourth-order valence-electron chi connectivity index (χ4n) is 2.51. The molecule has 1 aromatic carbocycles. The molecular weight excluding hydrogens is 258 g/mol. The average molecular weight is 281 g/mol. The van der Waals surface area contributed by atoms with Crippen LogP contribution in [0.1, 0.15) is 25.5 Å². The second-order valence-electron chi connectivity index (χ2n) is 5.43. The van der Waals surface area contributed by atoms with E-state index in [1.54, 1.807) is 11.8 Å². The Kier molecular flexibility index (Phi) is 4.90. The van der Waals surface area contributed by atoms with Crippen molar-refractivity contribution in [2.75, 3.05) is 32.6 Å². The van der Waals surface area contributed by atoms with Crippen LogP contribution in [0.3, 0.4) is 0 Å². The van der Waals surface area contributed by atoms with Crippen LogP contribution in [0.15, 0.2) is 29.2 Å². The lowest BCUT2D eigenvalue weighted by atomic mass is 9.89. The Balaban J connectivity index is 2.13. The van der Waals surface area contributed by atoms with E-state index >= 15 is 0 Å². The first kappa shape index (κ1) is 14.9.